The maximum Gasteiger partial charge on any atom is 0.255 e. The van der Waals surface area contributed by atoms with Crippen LogP contribution in [-0.4, -0.2) is 52.5 Å². The number of carbonyl (C=O) groups excluding carboxylic acids is 2. The number of ether oxygens (including phenoxy) is 1. The number of nitrogens with one attached hydrogen (secondary N) is 2. The van der Waals surface area contributed by atoms with Crippen LogP contribution in [0.3, 0.4) is 0 Å². The molecule has 28 heavy (non-hydrogen) atoms. The van der Waals surface area contributed by atoms with Gasteiger partial charge in [0.25, 0.3) is 17.4 Å². The van der Waals surface area contributed by atoms with Gasteiger partial charge in [-0.25, -0.2) is 0 Å². The summed E-state index contributed by atoms with van der Waals surface area (Å²) in [6.45, 7) is 0.652. The van der Waals surface area contributed by atoms with Crippen molar-refractivity contribution in [2.75, 3.05) is 6.61 Å². The van der Waals surface area contributed by atoms with Gasteiger partial charge in [0.1, 0.15) is 6.10 Å². The molecule has 146 valence electrons. The molecule has 7 heteroatoms. The van der Waals surface area contributed by atoms with E-state index in [1.54, 1.807) is 18.2 Å². The first-order chi connectivity index (χ1) is 13.6. The fourth-order valence-corrected chi connectivity index (χ4v) is 5.07. The molecule has 2 bridgehead atoms. The van der Waals surface area contributed by atoms with Crippen LogP contribution in [0.1, 0.15) is 42.5 Å². The van der Waals surface area contributed by atoms with Gasteiger partial charge in [0, 0.05) is 29.6 Å². The van der Waals surface area contributed by atoms with E-state index in [1.807, 2.05) is 11.0 Å². The Hall–Kier alpha value is -2.67. The highest BCUT2D eigenvalue weighted by Crippen LogP contribution is 2.39. The number of fused-ring (bicyclic) bond motifs is 3. The van der Waals surface area contributed by atoms with Gasteiger partial charge >= 0.3 is 0 Å². The number of pyridine rings is 1. The summed E-state index contributed by atoms with van der Waals surface area (Å²) in [7, 11) is 0. The molecule has 2 N–H and O–H groups in total. The summed E-state index contributed by atoms with van der Waals surface area (Å²) in [5, 5.41) is 4.25. The van der Waals surface area contributed by atoms with Crippen LogP contribution in [0.5, 0.6) is 0 Å². The van der Waals surface area contributed by atoms with E-state index in [1.165, 1.54) is 6.20 Å². The summed E-state index contributed by atoms with van der Waals surface area (Å²) in [4.78, 5) is 42.5. The van der Waals surface area contributed by atoms with Crippen molar-refractivity contribution in [3.63, 3.8) is 0 Å². The van der Waals surface area contributed by atoms with Gasteiger partial charge in [0.15, 0.2) is 0 Å². The van der Waals surface area contributed by atoms with Crippen molar-refractivity contribution in [1.29, 1.82) is 0 Å². The average Bonchev–Trinajstić information content (AvgIpc) is 3.44. The standard InChI is InChI=1S/C21H23N3O4/c25-19-14-5-2-1-4-13(14)15(11-22-19)20(26)23-16-10-12-7-8-17(16)24(12)21(27)18-6-3-9-28-18/h1-2,4-5,11-12,16-18H,3,6-10H2,(H,22,25)(H,23,26)/t12-,16+,17+,18?/m0/s1. The molecule has 1 unspecified atom stereocenters. The molecule has 3 saturated heterocycles. The minimum Gasteiger partial charge on any atom is -0.368 e. The lowest BCUT2D eigenvalue weighted by molar-refractivity contribution is -0.142. The smallest absolute Gasteiger partial charge is 0.255 e. The summed E-state index contributed by atoms with van der Waals surface area (Å²) in [6.07, 6.45) is 5.53. The lowest BCUT2D eigenvalue weighted by Crippen LogP contribution is -2.47. The van der Waals surface area contributed by atoms with Crippen molar-refractivity contribution >= 4 is 22.6 Å². The van der Waals surface area contributed by atoms with Gasteiger partial charge in [-0.05, 0) is 38.2 Å². The number of benzene rings is 1. The van der Waals surface area contributed by atoms with E-state index in [4.69, 9.17) is 4.74 Å². The summed E-state index contributed by atoms with van der Waals surface area (Å²) < 4.78 is 5.58. The van der Waals surface area contributed by atoms with Gasteiger partial charge in [0.05, 0.1) is 17.6 Å². The Morgan fingerprint density at radius 1 is 1.14 bits per heavy atom. The van der Waals surface area contributed by atoms with Gasteiger partial charge in [-0.3, -0.25) is 14.4 Å². The quantitative estimate of drug-likeness (QED) is 0.844. The van der Waals surface area contributed by atoms with Crippen LogP contribution >= 0.6 is 0 Å². The third-order valence-electron chi connectivity index (χ3n) is 6.37. The van der Waals surface area contributed by atoms with Crippen molar-refractivity contribution in [3.8, 4) is 0 Å². The number of aromatic amines is 1. The summed E-state index contributed by atoms with van der Waals surface area (Å²) in [5.74, 6) is -0.134. The second kappa shape index (κ2) is 6.74. The number of carbonyl (C=O) groups is 2. The third kappa shape index (κ3) is 2.73. The highest BCUT2D eigenvalue weighted by molar-refractivity contribution is 6.06. The molecule has 4 heterocycles. The molecule has 4 atom stereocenters. The Labute approximate surface area is 162 Å². The Kier molecular flexibility index (Phi) is 4.19. The number of hydrogen-bond donors (Lipinski definition) is 2. The topological polar surface area (TPSA) is 91.5 Å². The van der Waals surface area contributed by atoms with Gasteiger partial charge in [-0.15, -0.1) is 0 Å². The zero-order chi connectivity index (χ0) is 19.3. The normalized spacial score (nSPS) is 28.8. The van der Waals surface area contributed by atoms with Crippen LogP contribution in [0, 0.1) is 0 Å². The zero-order valence-electron chi connectivity index (χ0n) is 15.5. The number of amides is 2. The van der Waals surface area contributed by atoms with Crippen LogP contribution in [0.15, 0.2) is 35.3 Å². The molecule has 3 aliphatic rings. The second-order valence-electron chi connectivity index (χ2n) is 7.94. The molecule has 0 radical (unpaired) electrons. The van der Waals surface area contributed by atoms with E-state index in [0.29, 0.717) is 22.9 Å². The summed E-state index contributed by atoms with van der Waals surface area (Å²) in [5.41, 5.74) is 0.246. The van der Waals surface area contributed by atoms with E-state index >= 15 is 0 Å². The minimum absolute atomic E-state index is 0.0275. The second-order valence-corrected chi connectivity index (χ2v) is 7.94. The van der Waals surface area contributed by atoms with Crippen molar-refractivity contribution in [3.05, 3.63) is 46.4 Å². The largest absolute Gasteiger partial charge is 0.368 e. The molecule has 2 aromatic rings. The van der Waals surface area contributed by atoms with Gasteiger partial charge in [-0.1, -0.05) is 18.2 Å². The molecule has 0 saturated carbocycles. The lowest BCUT2D eigenvalue weighted by Gasteiger charge is -2.27. The third-order valence-corrected chi connectivity index (χ3v) is 6.37. The van der Waals surface area contributed by atoms with Crippen LogP contribution in [0.2, 0.25) is 0 Å². The fourth-order valence-electron chi connectivity index (χ4n) is 5.07. The molecule has 5 rings (SSSR count). The van der Waals surface area contributed by atoms with Crippen LogP contribution in [-0.2, 0) is 9.53 Å². The maximum atomic E-state index is 13.0. The molecular formula is C21H23N3O4. The van der Waals surface area contributed by atoms with Crippen molar-refractivity contribution in [2.45, 2.75) is 56.3 Å². The fraction of sp³-hybridized carbons (Fsp3) is 0.476. The first kappa shape index (κ1) is 17.4. The monoisotopic (exact) mass is 381 g/mol. The molecule has 0 spiro atoms. The van der Waals surface area contributed by atoms with Crippen LogP contribution in [0.4, 0.5) is 0 Å². The minimum atomic E-state index is -0.319. The highest BCUT2D eigenvalue weighted by Gasteiger charge is 2.50. The van der Waals surface area contributed by atoms with Crippen molar-refractivity contribution in [2.24, 2.45) is 0 Å². The van der Waals surface area contributed by atoms with E-state index in [2.05, 4.69) is 10.3 Å². The molecule has 3 aliphatic heterocycles. The summed E-state index contributed by atoms with van der Waals surface area (Å²) in [6, 6.07) is 7.24. The molecule has 2 amide bonds. The Morgan fingerprint density at radius 2 is 1.96 bits per heavy atom. The maximum absolute atomic E-state index is 13.0. The molecule has 0 aliphatic carbocycles. The van der Waals surface area contributed by atoms with Crippen molar-refractivity contribution in [1.82, 2.24) is 15.2 Å². The Morgan fingerprint density at radius 3 is 2.75 bits per heavy atom. The van der Waals surface area contributed by atoms with Gasteiger partial charge in [0.2, 0.25) is 0 Å². The first-order valence-electron chi connectivity index (χ1n) is 9.98. The number of H-pyrrole nitrogens is 1. The van der Waals surface area contributed by atoms with Crippen molar-refractivity contribution < 1.29 is 14.3 Å². The Balaban J connectivity index is 1.36. The number of aromatic nitrogens is 1. The van der Waals surface area contributed by atoms with Gasteiger partial charge in [-0.2, -0.15) is 0 Å². The molecule has 1 aromatic carbocycles. The summed E-state index contributed by atoms with van der Waals surface area (Å²) >= 11 is 0. The predicted octanol–water partition coefficient (Wildman–Crippen LogP) is 1.57. The first-order valence-corrected chi connectivity index (χ1v) is 9.98. The number of nitrogens with zero attached hydrogens (tertiary/aromatic N) is 1. The average molecular weight is 381 g/mol. The van der Waals surface area contributed by atoms with Gasteiger partial charge < -0.3 is 19.9 Å². The van der Waals surface area contributed by atoms with E-state index < -0.39 is 0 Å². The number of hydrogen-bond acceptors (Lipinski definition) is 4. The van der Waals surface area contributed by atoms with Crippen LogP contribution in [0.25, 0.3) is 10.8 Å². The predicted molar refractivity (Wildman–Crippen MR) is 103 cm³/mol. The zero-order valence-corrected chi connectivity index (χ0v) is 15.5. The van der Waals surface area contributed by atoms with Crippen LogP contribution < -0.4 is 10.9 Å². The van der Waals surface area contributed by atoms with E-state index in [-0.39, 0.29) is 41.6 Å². The number of rotatable bonds is 3. The molecule has 7 nitrogen and oxygen atoms in total. The Bertz CT molecular complexity index is 995. The molecule has 1 aromatic heterocycles. The highest BCUT2D eigenvalue weighted by atomic mass is 16.5. The lowest BCUT2D eigenvalue weighted by atomic mass is 9.95. The van der Waals surface area contributed by atoms with E-state index in [9.17, 15) is 14.4 Å². The van der Waals surface area contributed by atoms with E-state index in [0.717, 1.165) is 32.1 Å². The molecule has 3 fully saturated rings. The SMILES string of the molecule is O=C(N[C@@H]1C[C@@H]2CC[C@H]1N2C(=O)C1CCCO1)c1c[nH]c(=O)c2ccccc12. The molecular weight excluding hydrogens is 358 g/mol.